The van der Waals surface area contributed by atoms with Crippen molar-refractivity contribution >= 4 is 29.0 Å². The van der Waals surface area contributed by atoms with Crippen LogP contribution in [0.5, 0.6) is 0 Å². The zero-order chi connectivity index (χ0) is 11.4. The fraction of sp³-hybridized carbons (Fsp3) is 0.333. The van der Waals surface area contributed by atoms with Gasteiger partial charge in [0.1, 0.15) is 0 Å². The minimum atomic E-state index is -0.103. The van der Waals surface area contributed by atoms with Gasteiger partial charge in [-0.25, -0.2) is 4.98 Å². The number of pyridine rings is 1. The molecule has 0 aliphatic rings. The van der Waals surface area contributed by atoms with Crippen LogP contribution >= 0.6 is 11.6 Å². The molecule has 0 bridgehead atoms. The lowest BCUT2D eigenvalue weighted by Gasteiger charge is -2.18. The topological polar surface area (TPSA) is 71.2 Å². The van der Waals surface area contributed by atoms with Gasteiger partial charge in [0.05, 0.1) is 17.3 Å². The van der Waals surface area contributed by atoms with E-state index in [4.69, 9.17) is 17.3 Å². The maximum Gasteiger partial charge on any atom is 0.239 e. The highest BCUT2D eigenvalue weighted by Crippen LogP contribution is 2.21. The number of likely N-dealkylation sites (N-methyl/N-ethyl adjacent to an activating group) is 2. The lowest BCUT2D eigenvalue weighted by Crippen LogP contribution is -2.33. The van der Waals surface area contributed by atoms with E-state index in [0.717, 1.165) is 0 Å². The molecular weight excluding hydrogens is 216 g/mol. The molecule has 6 heteroatoms. The zero-order valence-corrected chi connectivity index (χ0v) is 9.38. The number of anilines is 2. The van der Waals surface area contributed by atoms with Gasteiger partial charge in [-0.2, -0.15) is 0 Å². The van der Waals surface area contributed by atoms with Crippen LogP contribution in [0.3, 0.4) is 0 Å². The van der Waals surface area contributed by atoms with Crippen LogP contribution in [0.2, 0.25) is 5.02 Å². The molecule has 15 heavy (non-hydrogen) atoms. The van der Waals surface area contributed by atoms with Gasteiger partial charge in [-0.05, 0) is 6.07 Å². The van der Waals surface area contributed by atoms with Gasteiger partial charge < -0.3 is 16.0 Å². The van der Waals surface area contributed by atoms with E-state index in [0.29, 0.717) is 16.5 Å². The number of nitrogens with zero attached hydrogens (tertiary/aromatic N) is 2. The van der Waals surface area contributed by atoms with E-state index in [9.17, 15) is 4.79 Å². The van der Waals surface area contributed by atoms with Crippen molar-refractivity contribution in [1.29, 1.82) is 0 Å². The molecule has 1 aromatic heterocycles. The fourth-order valence-electron chi connectivity index (χ4n) is 1.14. The number of nitrogen functional groups attached to an aromatic ring is 1. The van der Waals surface area contributed by atoms with Gasteiger partial charge >= 0.3 is 0 Å². The van der Waals surface area contributed by atoms with E-state index >= 15 is 0 Å². The molecule has 5 nitrogen and oxygen atoms in total. The van der Waals surface area contributed by atoms with E-state index < -0.39 is 0 Å². The van der Waals surface area contributed by atoms with Gasteiger partial charge in [0.2, 0.25) is 5.91 Å². The summed E-state index contributed by atoms with van der Waals surface area (Å²) in [5.74, 6) is 0.441. The minimum absolute atomic E-state index is 0.103. The molecule has 3 N–H and O–H groups in total. The highest BCUT2D eigenvalue weighted by molar-refractivity contribution is 6.30. The van der Waals surface area contributed by atoms with Crippen molar-refractivity contribution in [3.05, 3.63) is 17.3 Å². The lowest BCUT2D eigenvalue weighted by atomic mass is 10.3. The molecule has 0 aliphatic heterocycles. The Hall–Kier alpha value is -1.49. The Balaban J connectivity index is 2.82. The van der Waals surface area contributed by atoms with Crippen LogP contribution in [-0.2, 0) is 4.79 Å². The van der Waals surface area contributed by atoms with E-state index in [1.54, 1.807) is 25.1 Å². The van der Waals surface area contributed by atoms with Crippen LogP contribution in [0.15, 0.2) is 12.3 Å². The smallest absolute Gasteiger partial charge is 0.239 e. The van der Waals surface area contributed by atoms with Gasteiger partial charge in [-0.1, -0.05) is 11.6 Å². The number of nitrogens with one attached hydrogen (secondary N) is 1. The number of hydrogen-bond donors (Lipinski definition) is 2. The number of nitrogens with two attached hydrogens (primary N) is 1. The Bertz CT molecular complexity index is 369. The number of halogens is 1. The molecule has 0 spiro atoms. The van der Waals surface area contributed by atoms with Crippen molar-refractivity contribution in [3.8, 4) is 0 Å². The van der Waals surface area contributed by atoms with E-state index in [-0.39, 0.29) is 12.5 Å². The quantitative estimate of drug-likeness (QED) is 0.791. The summed E-state index contributed by atoms with van der Waals surface area (Å²) in [4.78, 5) is 16.8. The monoisotopic (exact) mass is 228 g/mol. The molecule has 0 saturated heterocycles. The van der Waals surface area contributed by atoms with Crippen LogP contribution in [0.4, 0.5) is 11.5 Å². The molecule has 1 rings (SSSR count). The second-order valence-electron chi connectivity index (χ2n) is 3.10. The number of carbonyl (C=O) groups excluding carboxylic acids is 1. The van der Waals surface area contributed by atoms with Gasteiger partial charge in [0.15, 0.2) is 5.82 Å². The van der Waals surface area contributed by atoms with Gasteiger partial charge in [0.25, 0.3) is 0 Å². The van der Waals surface area contributed by atoms with Crippen molar-refractivity contribution in [2.24, 2.45) is 0 Å². The summed E-state index contributed by atoms with van der Waals surface area (Å²) in [6, 6.07) is 1.60. The molecule has 0 saturated carbocycles. The van der Waals surface area contributed by atoms with Crippen molar-refractivity contribution < 1.29 is 4.79 Å². The molecule has 82 valence electrons. The molecule has 0 aromatic carbocycles. The third kappa shape index (κ3) is 2.99. The van der Waals surface area contributed by atoms with Gasteiger partial charge in [-0.3, -0.25) is 4.79 Å². The standard InChI is InChI=1S/C9H13ClN4O/c1-12-8(15)5-14(2)9-7(11)3-6(10)4-13-9/h3-4H,5,11H2,1-2H3,(H,12,15). The molecule has 0 aliphatic carbocycles. The van der Waals surface area contributed by atoms with Crippen LogP contribution in [0, 0.1) is 0 Å². The summed E-state index contributed by atoms with van der Waals surface area (Å²) in [7, 11) is 3.32. The molecule has 0 radical (unpaired) electrons. The van der Waals surface area contributed by atoms with Crippen LogP contribution in [0.1, 0.15) is 0 Å². The first-order chi connectivity index (χ1) is 7.04. The Kier molecular flexibility index (Phi) is 3.74. The second-order valence-corrected chi connectivity index (χ2v) is 3.53. The first kappa shape index (κ1) is 11.6. The summed E-state index contributed by atoms with van der Waals surface area (Å²) in [6.07, 6.45) is 1.49. The molecule has 1 amide bonds. The Morgan fingerprint density at radius 2 is 2.40 bits per heavy atom. The van der Waals surface area contributed by atoms with E-state index in [2.05, 4.69) is 10.3 Å². The zero-order valence-electron chi connectivity index (χ0n) is 8.62. The summed E-state index contributed by atoms with van der Waals surface area (Å²) in [5.41, 5.74) is 6.17. The maximum absolute atomic E-state index is 11.1. The first-order valence-corrected chi connectivity index (χ1v) is 4.75. The van der Waals surface area contributed by atoms with Gasteiger partial charge in [-0.15, -0.1) is 0 Å². The average molecular weight is 229 g/mol. The normalized spacial score (nSPS) is 9.80. The minimum Gasteiger partial charge on any atom is -0.396 e. The number of amides is 1. The van der Waals surface area contributed by atoms with Crippen LogP contribution in [-0.4, -0.2) is 31.5 Å². The first-order valence-electron chi connectivity index (χ1n) is 4.37. The third-order valence-electron chi connectivity index (χ3n) is 1.88. The highest BCUT2D eigenvalue weighted by atomic mass is 35.5. The number of hydrogen-bond acceptors (Lipinski definition) is 4. The summed E-state index contributed by atoms with van der Waals surface area (Å²) >= 11 is 5.71. The Labute approximate surface area is 93.2 Å². The molecule has 0 atom stereocenters. The SMILES string of the molecule is CNC(=O)CN(C)c1ncc(Cl)cc1N. The molecule has 1 heterocycles. The highest BCUT2D eigenvalue weighted by Gasteiger charge is 2.10. The summed E-state index contributed by atoms with van der Waals surface area (Å²) in [5, 5.41) is 3.00. The molecule has 0 fully saturated rings. The average Bonchev–Trinajstić information content (AvgIpc) is 2.17. The number of carbonyl (C=O) groups is 1. The van der Waals surface area contributed by atoms with Gasteiger partial charge in [0, 0.05) is 20.3 Å². The molecule has 1 aromatic rings. The van der Waals surface area contributed by atoms with Crippen molar-refractivity contribution in [2.75, 3.05) is 31.3 Å². The van der Waals surface area contributed by atoms with Crippen molar-refractivity contribution in [1.82, 2.24) is 10.3 Å². The fourth-order valence-corrected chi connectivity index (χ4v) is 1.30. The largest absolute Gasteiger partial charge is 0.396 e. The number of rotatable bonds is 3. The summed E-state index contributed by atoms with van der Waals surface area (Å²) in [6.45, 7) is 0.204. The summed E-state index contributed by atoms with van der Waals surface area (Å²) < 4.78 is 0. The van der Waals surface area contributed by atoms with E-state index in [1.165, 1.54) is 6.20 Å². The van der Waals surface area contributed by atoms with Crippen LogP contribution < -0.4 is 16.0 Å². The predicted octanol–water partition coefficient (Wildman–Crippen LogP) is 0.499. The molecular formula is C9H13ClN4O. The Morgan fingerprint density at radius 1 is 1.73 bits per heavy atom. The number of aromatic nitrogens is 1. The second kappa shape index (κ2) is 4.84. The van der Waals surface area contributed by atoms with Crippen LogP contribution in [0.25, 0.3) is 0 Å². The Morgan fingerprint density at radius 3 is 2.93 bits per heavy atom. The van der Waals surface area contributed by atoms with Crippen molar-refractivity contribution in [3.63, 3.8) is 0 Å². The maximum atomic E-state index is 11.1. The third-order valence-corrected chi connectivity index (χ3v) is 2.09. The lowest BCUT2D eigenvalue weighted by molar-refractivity contribution is -0.119. The predicted molar refractivity (Wildman–Crippen MR) is 61.0 cm³/mol. The molecule has 0 unspecified atom stereocenters. The van der Waals surface area contributed by atoms with Crippen molar-refractivity contribution in [2.45, 2.75) is 0 Å². The van der Waals surface area contributed by atoms with E-state index in [1.807, 2.05) is 0 Å².